The summed E-state index contributed by atoms with van der Waals surface area (Å²) >= 11 is 0. The Balaban J connectivity index is 2.26. The number of hydrogen-bond acceptors (Lipinski definition) is 5. The van der Waals surface area contributed by atoms with Crippen LogP contribution in [0.1, 0.15) is 18.1 Å². The predicted molar refractivity (Wildman–Crippen MR) is 104 cm³/mol. The zero-order valence-electron chi connectivity index (χ0n) is 16.1. The van der Waals surface area contributed by atoms with Crippen molar-refractivity contribution in [1.82, 2.24) is 0 Å². The van der Waals surface area contributed by atoms with Gasteiger partial charge in [0.15, 0.2) is 0 Å². The molecule has 2 aromatic carbocycles. The number of nitrogens with one attached hydrogen (secondary N) is 1. The number of carbonyl (C=O) groups is 1. The van der Waals surface area contributed by atoms with E-state index in [-0.39, 0.29) is 6.61 Å². The highest BCUT2D eigenvalue weighted by Crippen LogP contribution is 2.32. The van der Waals surface area contributed by atoms with Crippen LogP contribution in [-0.4, -0.2) is 32.9 Å². The van der Waals surface area contributed by atoms with Crippen LogP contribution < -0.4 is 10.1 Å². The number of benzene rings is 2. The Kier molecular flexibility index (Phi) is 8.09. The molecule has 0 aliphatic carbocycles. The van der Waals surface area contributed by atoms with Crippen molar-refractivity contribution in [1.29, 1.82) is 0 Å². The average molecular weight is 409 g/mol. The minimum Gasteiger partial charge on any atom is -0.491 e. The fourth-order valence-electron chi connectivity index (χ4n) is 2.37. The maximum absolute atomic E-state index is 12.7. The summed E-state index contributed by atoms with van der Waals surface area (Å²) in [7, 11) is 1.56. The molecule has 8 heteroatoms. The van der Waals surface area contributed by atoms with Crippen LogP contribution in [0.4, 0.5) is 24.5 Å². The third-order valence-electron chi connectivity index (χ3n) is 3.76. The van der Waals surface area contributed by atoms with Gasteiger partial charge in [-0.05, 0) is 55.0 Å². The van der Waals surface area contributed by atoms with Gasteiger partial charge in [0.05, 0.1) is 18.8 Å². The van der Waals surface area contributed by atoms with E-state index in [0.717, 1.165) is 12.1 Å². The van der Waals surface area contributed by atoms with Crippen molar-refractivity contribution in [3.63, 3.8) is 0 Å². The summed E-state index contributed by atoms with van der Waals surface area (Å²) in [6.45, 7) is 2.71. The summed E-state index contributed by atoms with van der Waals surface area (Å²) in [5, 5.41) is 3.06. The van der Waals surface area contributed by atoms with Crippen molar-refractivity contribution in [3.05, 3.63) is 59.7 Å². The average Bonchev–Trinajstić information content (AvgIpc) is 2.67. The molecule has 0 atom stereocenters. The molecule has 0 bridgehead atoms. The second-order valence-corrected chi connectivity index (χ2v) is 5.88. The maximum Gasteiger partial charge on any atom is 0.416 e. The molecule has 0 amide bonds. The number of hydrogen-bond donors (Lipinski definition) is 1. The van der Waals surface area contributed by atoms with Gasteiger partial charge in [-0.1, -0.05) is 0 Å². The molecule has 0 aliphatic rings. The van der Waals surface area contributed by atoms with Crippen molar-refractivity contribution in [3.8, 4) is 5.75 Å². The molecule has 0 aromatic heterocycles. The molecular formula is C21H22F3NO4. The van der Waals surface area contributed by atoms with Gasteiger partial charge in [-0.3, -0.25) is 0 Å². The van der Waals surface area contributed by atoms with Crippen LogP contribution in [0.5, 0.6) is 5.75 Å². The first-order valence-electron chi connectivity index (χ1n) is 8.88. The first kappa shape index (κ1) is 22.3. The zero-order valence-corrected chi connectivity index (χ0v) is 16.1. The van der Waals surface area contributed by atoms with E-state index < -0.39 is 17.7 Å². The van der Waals surface area contributed by atoms with Crippen molar-refractivity contribution in [2.75, 3.05) is 32.2 Å². The van der Waals surface area contributed by atoms with E-state index in [0.29, 0.717) is 35.9 Å². The van der Waals surface area contributed by atoms with Crippen LogP contribution >= 0.6 is 0 Å². The Bertz CT molecular complexity index is 833. The molecule has 0 spiro atoms. The van der Waals surface area contributed by atoms with Crippen LogP contribution in [-0.2, 0) is 20.4 Å². The minimum absolute atomic E-state index is 0.256. The Morgan fingerprint density at radius 1 is 1.10 bits per heavy atom. The SMILES string of the molecule is CCOC(=O)C=Cc1ccc(OCCOC)cc1Nc1ccc(C(F)(F)F)cc1. The Morgan fingerprint density at radius 3 is 2.45 bits per heavy atom. The lowest BCUT2D eigenvalue weighted by Gasteiger charge is -2.14. The van der Waals surface area contributed by atoms with Crippen LogP contribution in [0.25, 0.3) is 6.08 Å². The van der Waals surface area contributed by atoms with Gasteiger partial charge in [0.25, 0.3) is 0 Å². The zero-order chi connectivity index (χ0) is 21.3. The summed E-state index contributed by atoms with van der Waals surface area (Å²) in [5.74, 6) is 0.0538. The van der Waals surface area contributed by atoms with Crippen LogP contribution in [0.2, 0.25) is 0 Å². The number of rotatable bonds is 9. The number of alkyl halides is 3. The van der Waals surface area contributed by atoms with E-state index in [1.54, 1.807) is 38.3 Å². The van der Waals surface area contributed by atoms with Gasteiger partial charge >= 0.3 is 12.1 Å². The lowest BCUT2D eigenvalue weighted by atomic mass is 10.1. The topological polar surface area (TPSA) is 56.8 Å². The maximum atomic E-state index is 12.7. The minimum atomic E-state index is -4.40. The molecule has 0 unspecified atom stereocenters. The third-order valence-corrected chi connectivity index (χ3v) is 3.76. The fraction of sp³-hybridized carbons (Fsp3) is 0.286. The van der Waals surface area contributed by atoms with Gasteiger partial charge < -0.3 is 19.5 Å². The summed E-state index contributed by atoms with van der Waals surface area (Å²) in [5.41, 5.74) is 0.914. The summed E-state index contributed by atoms with van der Waals surface area (Å²) < 4.78 is 53.6. The van der Waals surface area contributed by atoms with E-state index in [9.17, 15) is 18.0 Å². The molecule has 0 heterocycles. The second-order valence-electron chi connectivity index (χ2n) is 5.88. The van der Waals surface area contributed by atoms with Crippen LogP contribution in [0, 0.1) is 0 Å². The highest BCUT2D eigenvalue weighted by atomic mass is 19.4. The van der Waals surface area contributed by atoms with Gasteiger partial charge in [-0.15, -0.1) is 0 Å². The summed E-state index contributed by atoms with van der Waals surface area (Å²) in [4.78, 5) is 11.6. The number of esters is 1. The molecule has 1 N–H and O–H groups in total. The quantitative estimate of drug-likeness (QED) is 0.357. The molecule has 29 heavy (non-hydrogen) atoms. The lowest BCUT2D eigenvalue weighted by Crippen LogP contribution is -2.05. The molecule has 0 radical (unpaired) electrons. The Morgan fingerprint density at radius 2 is 1.83 bits per heavy atom. The van der Waals surface area contributed by atoms with Crippen LogP contribution in [0.15, 0.2) is 48.5 Å². The van der Waals surface area contributed by atoms with Gasteiger partial charge in [-0.2, -0.15) is 13.2 Å². The van der Waals surface area contributed by atoms with Gasteiger partial charge in [-0.25, -0.2) is 4.79 Å². The largest absolute Gasteiger partial charge is 0.491 e. The molecule has 0 fully saturated rings. The first-order valence-corrected chi connectivity index (χ1v) is 8.88. The standard InChI is InChI=1S/C21H22F3NO4/c1-3-28-20(26)11-5-15-4-10-18(29-13-12-27-2)14-19(15)25-17-8-6-16(7-9-17)21(22,23)24/h4-11,14,25H,3,12-13H2,1-2H3. The van der Waals surface area contributed by atoms with E-state index in [1.165, 1.54) is 18.2 Å². The molecule has 0 aliphatic heterocycles. The molecule has 156 valence electrons. The monoisotopic (exact) mass is 409 g/mol. The highest BCUT2D eigenvalue weighted by molar-refractivity contribution is 5.89. The van der Waals surface area contributed by atoms with Gasteiger partial charge in [0.1, 0.15) is 12.4 Å². The predicted octanol–water partition coefficient (Wildman–Crippen LogP) is 5.05. The smallest absolute Gasteiger partial charge is 0.416 e. The molecule has 5 nitrogen and oxygen atoms in total. The van der Waals surface area contributed by atoms with Gasteiger partial charge in [0.2, 0.25) is 0 Å². The van der Waals surface area contributed by atoms with Crippen molar-refractivity contribution >= 4 is 23.4 Å². The number of ether oxygens (including phenoxy) is 3. The molecule has 2 aromatic rings. The Hall–Kier alpha value is -3.00. The summed E-state index contributed by atoms with van der Waals surface area (Å²) in [6.07, 6.45) is -1.56. The third kappa shape index (κ3) is 7.15. The fourth-order valence-corrected chi connectivity index (χ4v) is 2.37. The number of carbonyl (C=O) groups excluding carboxylic acids is 1. The number of methoxy groups -OCH3 is 1. The number of halogens is 3. The molecular weight excluding hydrogens is 387 g/mol. The van der Waals surface area contributed by atoms with Gasteiger partial charge in [0, 0.05) is 30.6 Å². The lowest BCUT2D eigenvalue weighted by molar-refractivity contribution is -0.138. The normalized spacial score (nSPS) is 11.5. The summed E-state index contributed by atoms with van der Waals surface area (Å²) in [6, 6.07) is 9.80. The van der Waals surface area contributed by atoms with E-state index in [1.807, 2.05) is 0 Å². The second kappa shape index (κ2) is 10.5. The van der Waals surface area contributed by atoms with Crippen molar-refractivity contribution < 1.29 is 32.2 Å². The van der Waals surface area contributed by atoms with Crippen molar-refractivity contribution in [2.45, 2.75) is 13.1 Å². The highest BCUT2D eigenvalue weighted by Gasteiger charge is 2.29. The Labute approximate surface area is 167 Å². The number of anilines is 2. The molecule has 0 saturated carbocycles. The van der Waals surface area contributed by atoms with E-state index >= 15 is 0 Å². The van der Waals surface area contributed by atoms with E-state index in [4.69, 9.17) is 14.2 Å². The first-order chi connectivity index (χ1) is 13.8. The molecule has 0 saturated heterocycles. The van der Waals surface area contributed by atoms with Crippen LogP contribution in [0.3, 0.4) is 0 Å². The molecule has 2 rings (SSSR count). The van der Waals surface area contributed by atoms with E-state index in [2.05, 4.69) is 5.32 Å². The van der Waals surface area contributed by atoms with Crippen molar-refractivity contribution in [2.24, 2.45) is 0 Å².